The number of nitrogens with one attached hydrogen (secondary N) is 1. The predicted octanol–water partition coefficient (Wildman–Crippen LogP) is 3.77. The van der Waals surface area contributed by atoms with Crippen LogP contribution in [-0.4, -0.2) is 10.2 Å². The number of aromatic amines is 1. The Labute approximate surface area is 92.3 Å². The predicted molar refractivity (Wildman–Crippen MR) is 55.0 cm³/mol. The molecule has 0 atom stereocenters. The van der Waals surface area contributed by atoms with Crippen LogP contribution in [0.15, 0.2) is 10.5 Å². The van der Waals surface area contributed by atoms with Gasteiger partial charge in [0.15, 0.2) is 0 Å². The van der Waals surface area contributed by atoms with Crippen molar-refractivity contribution in [3.05, 3.63) is 19.6 Å². The van der Waals surface area contributed by atoms with Crippen molar-refractivity contribution < 1.29 is 4.42 Å². The van der Waals surface area contributed by atoms with E-state index in [0.29, 0.717) is 20.1 Å². The Morgan fingerprint density at radius 1 is 1.54 bits per heavy atom. The third-order valence-electron chi connectivity index (χ3n) is 1.33. The van der Waals surface area contributed by atoms with Crippen LogP contribution in [0.3, 0.4) is 0 Å². The molecule has 0 amide bonds. The van der Waals surface area contributed by atoms with Gasteiger partial charge < -0.3 is 4.42 Å². The van der Waals surface area contributed by atoms with E-state index in [1.807, 2.05) is 0 Å². The molecule has 0 fully saturated rings. The molecule has 7 heteroatoms. The Balaban J connectivity index is 2.57. The summed E-state index contributed by atoms with van der Waals surface area (Å²) in [6.07, 6.45) is 0. The van der Waals surface area contributed by atoms with Gasteiger partial charge in [0.1, 0.15) is 4.34 Å². The molecule has 0 aliphatic rings. The third kappa shape index (κ3) is 1.78. The maximum atomic E-state index is 5.88. The van der Waals surface area contributed by atoms with Crippen LogP contribution in [0.4, 0.5) is 0 Å². The Bertz CT molecular complexity index is 487. The molecular weight excluding hydrogens is 251 g/mol. The monoisotopic (exact) mass is 252 g/mol. The average molecular weight is 253 g/mol. The third-order valence-corrected chi connectivity index (χ3v) is 2.99. The second-order valence-corrected chi connectivity index (χ2v) is 4.81. The topological polar surface area (TPSA) is 41.8 Å². The minimum Gasteiger partial charge on any atom is -0.409 e. The normalized spacial score (nSPS) is 10.6. The lowest BCUT2D eigenvalue weighted by atomic mass is 10.3. The van der Waals surface area contributed by atoms with Gasteiger partial charge >= 0.3 is 0 Å². The number of nitrogens with zero attached hydrogens (tertiary/aromatic N) is 1. The number of thiophene rings is 1. The van der Waals surface area contributed by atoms with Gasteiger partial charge in [0.05, 0.1) is 9.90 Å². The van der Waals surface area contributed by atoms with E-state index in [9.17, 15) is 0 Å². The standard InChI is InChI=1S/C6H2Cl2N2OS2/c7-3-1-2(4(8)13-3)5-9-10-6(12)11-5/h1H,(H,10,12). The van der Waals surface area contributed by atoms with E-state index in [1.165, 1.54) is 11.3 Å². The second kappa shape index (κ2) is 3.42. The van der Waals surface area contributed by atoms with E-state index in [4.69, 9.17) is 39.8 Å². The molecule has 13 heavy (non-hydrogen) atoms. The minimum atomic E-state index is 0.216. The quantitative estimate of drug-likeness (QED) is 0.786. The van der Waals surface area contributed by atoms with E-state index in [2.05, 4.69) is 10.2 Å². The number of rotatable bonds is 1. The molecule has 0 unspecified atom stereocenters. The molecule has 0 bridgehead atoms. The maximum Gasteiger partial charge on any atom is 0.284 e. The molecule has 2 rings (SSSR count). The summed E-state index contributed by atoms with van der Waals surface area (Å²) in [6.45, 7) is 0. The first kappa shape index (κ1) is 9.21. The molecule has 0 aliphatic heterocycles. The van der Waals surface area contributed by atoms with Crippen molar-refractivity contribution in [2.24, 2.45) is 0 Å². The summed E-state index contributed by atoms with van der Waals surface area (Å²) in [5.74, 6) is 0.359. The fourth-order valence-electron chi connectivity index (χ4n) is 0.831. The first-order chi connectivity index (χ1) is 6.16. The molecule has 3 nitrogen and oxygen atoms in total. The highest BCUT2D eigenvalue weighted by atomic mass is 35.5. The maximum absolute atomic E-state index is 5.88. The van der Waals surface area contributed by atoms with Crippen LogP contribution in [0.5, 0.6) is 0 Å². The molecule has 0 saturated carbocycles. The number of hydrogen-bond acceptors (Lipinski definition) is 4. The van der Waals surface area contributed by atoms with Crippen molar-refractivity contribution in [3.63, 3.8) is 0 Å². The van der Waals surface area contributed by atoms with Crippen LogP contribution in [0.25, 0.3) is 11.5 Å². The molecule has 2 aromatic heterocycles. The molecule has 2 heterocycles. The largest absolute Gasteiger partial charge is 0.409 e. The highest BCUT2D eigenvalue weighted by molar-refractivity contribution is 7.71. The van der Waals surface area contributed by atoms with Crippen molar-refractivity contribution in [3.8, 4) is 11.5 Å². The van der Waals surface area contributed by atoms with E-state index < -0.39 is 0 Å². The molecule has 0 aliphatic carbocycles. The fourth-order valence-corrected chi connectivity index (χ4v) is 2.40. The SMILES string of the molecule is S=c1[nH]nc(-c2cc(Cl)sc2Cl)o1. The Morgan fingerprint density at radius 2 is 2.31 bits per heavy atom. The molecule has 68 valence electrons. The van der Waals surface area contributed by atoms with Gasteiger partial charge in [-0.15, -0.1) is 16.4 Å². The number of halogens is 2. The number of aromatic nitrogens is 2. The van der Waals surface area contributed by atoms with E-state index >= 15 is 0 Å². The summed E-state index contributed by atoms with van der Waals surface area (Å²) < 4.78 is 6.20. The lowest BCUT2D eigenvalue weighted by Gasteiger charge is -1.86. The van der Waals surface area contributed by atoms with Gasteiger partial charge in [-0.2, -0.15) is 0 Å². The first-order valence-corrected chi connectivity index (χ1v) is 5.15. The first-order valence-electron chi connectivity index (χ1n) is 3.17. The lowest BCUT2D eigenvalue weighted by molar-refractivity contribution is 0.552. The lowest BCUT2D eigenvalue weighted by Crippen LogP contribution is -1.73. The van der Waals surface area contributed by atoms with Crippen molar-refractivity contribution in [2.75, 3.05) is 0 Å². The van der Waals surface area contributed by atoms with Gasteiger partial charge in [-0.25, -0.2) is 5.10 Å². The molecule has 2 aromatic rings. The summed E-state index contributed by atoms with van der Waals surface area (Å²) in [6, 6.07) is 1.68. The zero-order chi connectivity index (χ0) is 9.42. The summed E-state index contributed by atoms with van der Waals surface area (Å²) in [4.78, 5) is 0.216. The van der Waals surface area contributed by atoms with Crippen LogP contribution in [0, 0.1) is 4.84 Å². The van der Waals surface area contributed by atoms with E-state index in [1.54, 1.807) is 6.07 Å². The van der Waals surface area contributed by atoms with Gasteiger partial charge in [-0.1, -0.05) is 23.2 Å². The highest BCUT2D eigenvalue weighted by Crippen LogP contribution is 2.37. The van der Waals surface area contributed by atoms with Crippen LogP contribution in [0.2, 0.25) is 8.67 Å². The van der Waals surface area contributed by atoms with Crippen molar-refractivity contribution >= 4 is 46.8 Å². The fraction of sp³-hybridized carbons (Fsp3) is 0. The molecule has 1 N–H and O–H groups in total. The molecule has 0 saturated heterocycles. The average Bonchev–Trinajstić information content (AvgIpc) is 2.58. The number of hydrogen-bond donors (Lipinski definition) is 1. The van der Waals surface area contributed by atoms with Crippen molar-refractivity contribution in [2.45, 2.75) is 0 Å². The highest BCUT2D eigenvalue weighted by Gasteiger charge is 2.12. The minimum absolute atomic E-state index is 0.216. The van der Waals surface area contributed by atoms with Crippen molar-refractivity contribution in [1.29, 1.82) is 0 Å². The van der Waals surface area contributed by atoms with Crippen LogP contribution < -0.4 is 0 Å². The van der Waals surface area contributed by atoms with Gasteiger partial charge in [0.2, 0.25) is 5.89 Å². The van der Waals surface area contributed by atoms with Gasteiger partial charge in [0, 0.05) is 0 Å². The van der Waals surface area contributed by atoms with E-state index in [0.717, 1.165) is 0 Å². The Kier molecular flexibility index (Phi) is 2.42. The summed E-state index contributed by atoms with van der Waals surface area (Å²) in [5, 5.41) is 6.33. The van der Waals surface area contributed by atoms with Gasteiger partial charge in [0.25, 0.3) is 4.84 Å². The summed E-state index contributed by atoms with van der Waals surface area (Å²) in [7, 11) is 0. The molecular formula is C6H2Cl2N2OS2. The Hall–Kier alpha value is -0.360. The zero-order valence-electron chi connectivity index (χ0n) is 6.01. The molecule has 0 radical (unpaired) electrons. The van der Waals surface area contributed by atoms with E-state index in [-0.39, 0.29) is 4.84 Å². The van der Waals surface area contributed by atoms with Crippen LogP contribution in [0.1, 0.15) is 0 Å². The van der Waals surface area contributed by atoms with Crippen LogP contribution in [-0.2, 0) is 0 Å². The van der Waals surface area contributed by atoms with Gasteiger partial charge in [-0.05, 0) is 18.3 Å². The van der Waals surface area contributed by atoms with Gasteiger partial charge in [-0.3, -0.25) is 0 Å². The second-order valence-electron chi connectivity index (χ2n) is 2.16. The molecule has 0 spiro atoms. The zero-order valence-corrected chi connectivity index (χ0v) is 9.15. The summed E-state index contributed by atoms with van der Waals surface area (Å²) in [5.41, 5.74) is 0.656. The Morgan fingerprint density at radius 3 is 2.77 bits per heavy atom. The van der Waals surface area contributed by atoms with Crippen molar-refractivity contribution in [1.82, 2.24) is 10.2 Å². The molecule has 0 aromatic carbocycles. The smallest absolute Gasteiger partial charge is 0.284 e. The number of H-pyrrole nitrogens is 1. The summed E-state index contributed by atoms with van der Waals surface area (Å²) >= 11 is 17.6. The van der Waals surface area contributed by atoms with Crippen LogP contribution >= 0.6 is 46.8 Å².